The number of carboxylic acids is 2. The molecule has 6 heteroatoms. The zero-order chi connectivity index (χ0) is 21.1. The zero-order valence-corrected chi connectivity index (χ0v) is 15.7. The molecule has 0 radical (unpaired) electrons. The fourth-order valence-corrected chi connectivity index (χ4v) is 3.26. The number of nitrogens with zero attached hydrogens (tertiary/aromatic N) is 2. The van der Waals surface area contributed by atoms with Crippen LogP contribution in [-0.4, -0.2) is 32.1 Å². The van der Waals surface area contributed by atoms with Crippen LogP contribution in [0.5, 0.6) is 0 Å². The van der Waals surface area contributed by atoms with E-state index in [1.807, 2.05) is 24.3 Å². The molecular weight excluding hydrogens is 380 g/mol. The highest BCUT2D eigenvalue weighted by Crippen LogP contribution is 2.38. The van der Waals surface area contributed by atoms with E-state index in [-0.39, 0.29) is 11.1 Å². The van der Waals surface area contributed by atoms with Crippen LogP contribution >= 0.6 is 0 Å². The van der Waals surface area contributed by atoms with E-state index >= 15 is 0 Å². The molecule has 30 heavy (non-hydrogen) atoms. The number of hydrogen-bond donors (Lipinski definition) is 2. The van der Waals surface area contributed by atoms with Gasteiger partial charge in [-0.05, 0) is 59.2 Å². The molecule has 4 aromatic rings. The first-order chi connectivity index (χ1) is 14.5. The van der Waals surface area contributed by atoms with Crippen molar-refractivity contribution in [1.29, 1.82) is 0 Å². The number of pyridine rings is 2. The second kappa shape index (κ2) is 7.97. The van der Waals surface area contributed by atoms with E-state index < -0.39 is 11.9 Å². The lowest BCUT2D eigenvalue weighted by Crippen LogP contribution is -1.98. The first-order valence-corrected chi connectivity index (χ1v) is 9.12. The van der Waals surface area contributed by atoms with Gasteiger partial charge in [0.2, 0.25) is 0 Å². The summed E-state index contributed by atoms with van der Waals surface area (Å²) in [7, 11) is 0. The van der Waals surface area contributed by atoms with Crippen molar-refractivity contribution in [1.82, 2.24) is 9.97 Å². The Hall–Kier alpha value is -4.32. The van der Waals surface area contributed by atoms with Gasteiger partial charge in [0.05, 0.1) is 22.5 Å². The summed E-state index contributed by atoms with van der Waals surface area (Å²) in [6.07, 6.45) is 3.36. The Morgan fingerprint density at radius 1 is 0.633 bits per heavy atom. The SMILES string of the molecule is O=C(O)c1ccc(-c2ccnc(-c3ccccn3)c2-c2ccc(C(=O)O)cc2)cc1. The van der Waals surface area contributed by atoms with Crippen LogP contribution in [0.15, 0.2) is 85.2 Å². The monoisotopic (exact) mass is 396 g/mol. The first-order valence-electron chi connectivity index (χ1n) is 9.12. The van der Waals surface area contributed by atoms with Crippen LogP contribution in [0, 0.1) is 0 Å². The first kappa shape index (κ1) is 19.0. The van der Waals surface area contributed by atoms with Gasteiger partial charge in [-0.25, -0.2) is 9.59 Å². The molecule has 0 aliphatic rings. The number of carboxylic acid groups (broad SMARTS) is 2. The van der Waals surface area contributed by atoms with Gasteiger partial charge in [-0.2, -0.15) is 0 Å². The van der Waals surface area contributed by atoms with E-state index in [0.717, 1.165) is 22.3 Å². The molecule has 0 unspecified atom stereocenters. The molecule has 0 aliphatic carbocycles. The van der Waals surface area contributed by atoms with Crippen LogP contribution in [0.1, 0.15) is 20.7 Å². The third kappa shape index (κ3) is 3.66. The Balaban J connectivity index is 1.94. The summed E-state index contributed by atoms with van der Waals surface area (Å²) in [6.45, 7) is 0. The molecule has 0 saturated heterocycles. The van der Waals surface area contributed by atoms with Gasteiger partial charge in [-0.15, -0.1) is 0 Å². The standard InChI is InChI=1S/C24H16N2O4/c27-23(28)17-8-4-15(5-9-17)19-12-14-26-22(20-3-1-2-13-25-20)21(19)16-6-10-18(11-7-16)24(29)30/h1-14H,(H,27,28)(H,29,30). The minimum absolute atomic E-state index is 0.189. The number of aromatic nitrogens is 2. The molecule has 6 nitrogen and oxygen atoms in total. The molecule has 0 fully saturated rings. The van der Waals surface area contributed by atoms with Crippen molar-refractivity contribution < 1.29 is 19.8 Å². The molecule has 2 aromatic heterocycles. The molecule has 0 aliphatic heterocycles. The van der Waals surface area contributed by atoms with Gasteiger partial charge in [0.25, 0.3) is 0 Å². The average Bonchev–Trinajstić information content (AvgIpc) is 2.79. The largest absolute Gasteiger partial charge is 0.478 e. The van der Waals surface area contributed by atoms with Crippen molar-refractivity contribution in [2.24, 2.45) is 0 Å². The normalized spacial score (nSPS) is 10.5. The number of hydrogen-bond acceptors (Lipinski definition) is 4. The van der Waals surface area contributed by atoms with Crippen molar-refractivity contribution in [2.75, 3.05) is 0 Å². The third-order valence-corrected chi connectivity index (χ3v) is 4.72. The molecule has 0 amide bonds. The summed E-state index contributed by atoms with van der Waals surface area (Å²) >= 11 is 0. The van der Waals surface area contributed by atoms with Gasteiger partial charge in [0.15, 0.2) is 0 Å². The number of benzene rings is 2. The summed E-state index contributed by atoms with van der Waals surface area (Å²) in [4.78, 5) is 31.4. The molecule has 0 spiro atoms. The van der Waals surface area contributed by atoms with Crippen molar-refractivity contribution in [3.05, 3.63) is 96.3 Å². The van der Waals surface area contributed by atoms with Crippen LogP contribution in [0.2, 0.25) is 0 Å². The number of rotatable bonds is 5. The lowest BCUT2D eigenvalue weighted by Gasteiger charge is -2.15. The minimum atomic E-state index is -0.998. The molecule has 2 aromatic carbocycles. The highest BCUT2D eigenvalue weighted by atomic mass is 16.4. The molecule has 0 atom stereocenters. The van der Waals surface area contributed by atoms with Crippen LogP contribution in [0.4, 0.5) is 0 Å². The van der Waals surface area contributed by atoms with E-state index in [0.29, 0.717) is 11.4 Å². The highest BCUT2D eigenvalue weighted by Gasteiger charge is 2.17. The minimum Gasteiger partial charge on any atom is -0.478 e. The molecule has 0 bridgehead atoms. The Bertz CT molecular complexity index is 1220. The van der Waals surface area contributed by atoms with Crippen molar-refractivity contribution in [3.8, 4) is 33.6 Å². The summed E-state index contributed by atoms with van der Waals surface area (Å²) in [5.41, 5.74) is 4.95. The van der Waals surface area contributed by atoms with Crippen LogP contribution < -0.4 is 0 Å². The fraction of sp³-hybridized carbons (Fsp3) is 0. The molecular formula is C24H16N2O4. The zero-order valence-electron chi connectivity index (χ0n) is 15.7. The van der Waals surface area contributed by atoms with Gasteiger partial charge >= 0.3 is 11.9 Å². The summed E-state index contributed by atoms with van der Waals surface area (Å²) in [5.74, 6) is -1.99. The topological polar surface area (TPSA) is 100 Å². The fourth-order valence-electron chi connectivity index (χ4n) is 3.26. The summed E-state index contributed by atoms with van der Waals surface area (Å²) in [5, 5.41) is 18.4. The average molecular weight is 396 g/mol. The molecule has 2 N–H and O–H groups in total. The van der Waals surface area contributed by atoms with Crippen molar-refractivity contribution in [2.45, 2.75) is 0 Å². The smallest absolute Gasteiger partial charge is 0.335 e. The van der Waals surface area contributed by atoms with Gasteiger partial charge in [0.1, 0.15) is 0 Å². The second-order valence-corrected chi connectivity index (χ2v) is 6.56. The Morgan fingerprint density at radius 2 is 1.23 bits per heavy atom. The molecule has 0 saturated carbocycles. The van der Waals surface area contributed by atoms with Gasteiger partial charge in [0, 0.05) is 18.0 Å². The summed E-state index contributed by atoms with van der Waals surface area (Å²) < 4.78 is 0. The maximum Gasteiger partial charge on any atom is 0.335 e. The van der Waals surface area contributed by atoms with E-state index in [1.165, 1.54) is 0 Å². The second-order valence-electron chi connectivity index (χ2n) is 6.56. The molecule has 2 heterocycles. The molecule has 146 valence electrons. The third-order valence-electron chi connectivity index (χ3n) is 4.72. The maximum absolute atomic E-state index is 11.2. The van der Waals surface area contributed by atoms with Gasteiger partial charge < -0.3 is 10.2 Å². The van der Waals surface area contributed by atoms with Crippen LogP contribution in [0.25, 0.3) is 33.6 Å². The Morgan fingerprint density at radius 3 is 1.77 bits per heavy atom. The van der Waals surface area contributed by atoms with Gasteiger partial charge in [-0.1, -0.05) is 30.3 Å². The van der Waals surface area contributed by atoms with Crippen LogP contribution in [0.3, 0.4) is 0 Å². The lowest BCUT2D eigenvalue weighted by atomic mass is 9.91. The summed E-state index contributed by atoms with van der Waals surface area (Å²) in [6, 6.07) is 20.6. The number of carbonyl (C=O) groups is 2. The van der Waals surface area contributed by atoms with E-state index in [4.69, 9.17) is 0 Å². The predicted molar refractivity (Wildman–Crippen MR) is 112 cm³/mol. The lowest BCUT2D eigenvalue weighted by molar-refractivity contribution is 0.0686. The van der Waals surface area contributed by atoms with E-state index in [9.17, 15) is 19.8 Å². The van der Waals surface area contributed by atoms with Crippen LogP contribution in [-0.2, 0) is 0 Å². The highest BCUT2D eigenvalue weighted by molar-refractivity contribution is 5.94. The quantitative estimate of drug-likeness (QED) is 0.499. The predicted octanol–water partition coefficient (Wildman–Crippen LogP) is 4.87. The maximum atomic E-state index is 11.2. The van der Waals surface area contributed by atoms with E-state index in [2.05, 4.69) is 9.97 Å². The molecule has 4 rings (SSSR count). The Labute approximate surface area is 172 Å². The Kier molecular flexibility index (Phi) is 5.05. The van der Waals surface area contributed by atoms with Crippen molar-refractivity contribution >= 4 is 11.9 Å². The van der Waals surface area contributed by atoms with Crippen molar-refractivity contribution in [3.63, 3.8) is 0 Å². The van der Waals surface area contributed by atoms with E-state index in [1.54, 1.807) is 60.9 Å². The number of aromatic carboxylic acids is 2. The van der Waals surface area contributed by atoms with Gasteiger partial charge in [-0.3, -0.25) is 9.97 Å².